The lowest BCUT2D eigenvalue weighted by molar-refractivity contribution is -0.137. The van der Waals surface area contributed by atoms with Gasteiger partial charge in [-0.05, 0) is 29.8 Å². The number of anilines is 1. The van der Waals surface area contributed by atoms with Crippen molar-refractivity contribution in [2.45, 2.75) is 12.5 Å². The molecule has 4 aromatic rings. The third kappa shape index (κ3) is 3.77. The van der Waals surface area contributed by atoms with E-state index in [4.69, 9.17) is 23.2 Å². The number of nitrogens with one attached hydrogen (secondary N) is 2. The van der Waals surface area contributed by atoms with Crippen LogP contribution in [0.4, 0.5) is 5.82 Å². The minimum absolute atomic E-state index is 0.0773. The summed E-state index contributed by atoms with van der Waals surface area (Å²) in [5.74, 6) is -2.47. The molecule has 1 atom stereocenters. The number of rotatable bonds is 6. The second-order valence-corrected chi connectivity index (χ2v) is 7.59. The molecule has 0 saturated carbocycles. The first-order valence-corrected chi connectivity index (χ1v) is 9.66. The molecule has 0 aliphatic carbocycles. The number of H-pyrrole nitrogens is 1. The lowest BCUT2D eigenvalue weighted by Gasteiger charge is -2.17. The van der Waals surface area contributed by atoms with Crippen molar-refractivity contribution in [1.82, 2.24) is 9.97 Å². The van der Waals surface area contributed by atoms with Gasteiger partial charge in [-0.2, -0.15) is 0 Å². The van der Waals surface area contributed by atoms with Gasteiger partial charge < -0.3 is 20.5 Å². The Bertz CT molecular complexity index is 1300. The number of carboxylic acids is 2. The summed E-state index contributed by atoms with van der Waals surface area (Å²) in [5.41, 5.74) is 1.82. The number of aromatic nitrogens is 2. The van der Waals surface area contributed by atoms with Crippen molar-refractivity contribution < 1.29 is 19.8 Å². The summed E-state index contributed by atoms with van der Waals surface area (Å²) in [7, 11) is 0. The number of fused-ring (bicyclic) bond motifs is 2. The third-order valence-corrected chi connectivity index (χ3v) is 5.28. The molecule has 9 heteroatoms. The number of aromatic amines is 1. The van der Waals surface area contributed by atoms with Gasteiger partial charge in [-0.15, -0.1) is 0 Å². The zero-order valence-electron chi connectivity index (χ0n) is 15.3. The normalized spacial score (nSPS) is 12.2. The number of aliphatic carboxylic acids is 1. The molecule has 1 unspecified atom stereocenters. The Morgan fingerprint density at radius 1 is 1.13 bits per heavy atom. The van der Waals surface area contributed by atoms with E-state index in [0.29, 0.717) is 15.9 Å². The van der Waals surface area contributed by atoms with Gasteiger partial charge in [-0.1, -0.05) is 41.4 Å². The van der Waals surface area contributed by atoms with E-state index in [2.05, 4.69) is 15.3 Å². The van der Waals surface area contributed by atoms with Crippen molar-refractivity contribution in [3.8, 4) is 0 Å². The second kappa shape index (κ2) is 7.85. The number of aromatic carboxylic acids is 1. The molecule has 0 saturated heterocycles. The highest BCUT2D eigenvalue weighted by Gasteiger charge is 2.24. The molecule has 2 aromatic heterocycles. The summed E-state index contributed by atoms with van der Waals surface area (Å²) in [5, 5.41) is 24.0. The molecule has 0 fully saturated rings. The first-order valence-electron chi connectivity index (χ1n) is 8.91. The Balaban J connectivity index is 1.75. The predicted octanol–water partition coefficient (Wildman–Crippen LogP) is 4.83. The summed E-state index contributed by atoms with van der Waals surface area (Å²) in [6, 6.07) is 10.8. The van der Waals surface area contributed by atoms with Gasteiger partial charge in [0.15, 0.2) is 0 Å². The van der Waals surface area contributed by atoms with Crippen LogP contribution in [0.3, 0.4) is 0 Å². The number of carbonyl (C=O) groups is 2. The molecule has 0 amide bonds. The van der Waals surface area contributed by atoms with Crippen LogP contribution in [0.5, 0.6) is 0 Å². The maximum absolute atomic E-state index is 11.9. The number of halogens is 2. The molecule has 2 aromatic carbocycles. The maximum Gasteiger partial charge on any atom is 0.339 e. The molecule has 0 spiro atoms. The Hall–Kier alpha value is -3.29. The Morgan fingerprint density at radius 2 is 1.90 bits per heavy atom. The quantitative estimate of drug-likeness (QED) is 0.339. The molecule has 0 aliphatic rings. The lowest BCUT2D eigenvalue weighted by Crippen LogP contribution is -2.32. The number of pyridine rings is 1. The summed E-state index contributed by atoms with van der Waals surface area (Å²) < 4.78 is 0. The van der Waals surface area contributed by atoms with Gasteiger partial charge in [0.05, 0.1) is 10.5 Å². The number of hydrogen-bond donors (Lipinski definition) is 4. The molecular formula is C21H15Cl2N3O4. The summed E-state index contributed by atoms with van der Waals surface area (Å²) >= 11 is 12.2. The minimum atomic E-state index is -1.25. The second-order valence-electron chi connectivity index (χ2n) is 6.75. The van der Waals surface area contributed by atoms with Gasteiger partial charge in [-0.25, -0.2) is 14.6 Å². The number of benzene rings is 2. The number of hydrogen-bond acceptors (Lipinski definition) is 4. The van der Waals surface area contributed by atoms with E-state index in [1.165, 1.54) is 12.1 Å². The van der Waals surface area contributed by atoms with E-state index >= 15 is 0 Å². The van der Waals surface area contributed by atoms with Crippen LogP contribution in [0.2, 0.25) is 10.0 Å². The van der Waals surface area contributed by atoms with Gasteiger partial charge in [-0.3, -0.25) is 0 Å². The average Bonchev–Trinajstić information content (AvgIpc) is 3.10. The van der Waals surface area contributed by atoms with E-state index in [9.17, 15) is 19.8 Å². The van der Waals surface area contributed by atoms with E-state index in [1.807, 2.05) is 24.3 Å². The molecule has 0 bridgehead atoms. The number of nitrogens with zero attached hydrogens (tertiary/aromatic N) is 1. The number of para-hydroxylation sites is 1. The lowest BCUT2D eigenvalue weighted by atomic mass is 10.0. The van der Waals surface area contributed by atoms with Crippen LogP contribution in [-0.2, 0) is 11.2 Å². The van der Waals surface area contributed by atoms with Crippen LogP contribution in [0.15, 0.2) is 48.7 Å². The van der Waals surface area contributed by atoms with E-state index in [-0.39, 0.29) is 22.8 Å². The van der Waals surface area contributed by atoms with Crippen molar-refractivity contribution in [2.24, 2.45) is 0 Å². The molecule has 4 N–H and O–H groups in total. The van der Waals surface area contributed by atoms with Crippen LogP contribution in [0.25, 0.3) is 21.8 Å². The first-order chi connectivity index (χ1) is 14.3. The standard InChI is InChI=1S/C21H15Cl2N3O4/c22-12-5-10-6-14(20(27)28)19(26-18(10)15(23)8-12)25-17(21(29)30)7-11-9-24-16-4-2-1-3-13(11)16/h1-6,8-9,17,24H,7H2,(H,25,26)(H,27,28)(H,29,30). The Morgan fingerprint density at radius 3 is 2.63 bits per heavy atom. The average molecular weight is 444 g/mol. The molecule has 152 valence electrons. The largest absolute Gasteiger partial charge is 0.480 e. The van der Waals surface area contributed by atoms with Crippen LogP contribution >= 0.6 is 23.2 Å². The van der Waals surface area contributed by atoms with Gasteiger partial charge >= 0.3 is 11.9 Å². The highest BCUT2D eigenvalue weighted by Crippen LogP contribution is 2.30. The fourth-order valence-electron chi connectivity index (χ4n) is 3.37. The number of carboxylic acid groups (broad SMARTS) is 2. The van der Waals surface area contributed by atoms with Gasteiger partial charge in [0, 0.05) is 33.9 Å². The van der Waals surface area contributed by atoms with Crippen LogP contribution in [0, 0.1) is 0 Å². The summed E-state index contributed by atoms with van der Waals surface area (Å²) in [4.78, 5) is 31.1. The summed E-state index contributed by atoms with van der Waals surface area (Å²) in [6.07, 6.45) is 1.86. The van der Waals surface area contributed by atoms with Crippen molar-refractivity contribution in [1.29, 1.82) is 0 Å². The van der Waals surface area contributed by atoms with Crippen LogP contribution in [-0.4, -0.2) is 38.2 Å². The SMILES string of the molecule is O=C(O)c1cc2cc(Cl)cc(Cl)c2nc1NC(Cc1c[nH]c2ccccc12)C(=O)O. The fraction of sp³-hybridized carbons (Fsp3) is 0.0952. The minimum Gasteiger partial charge on any atom is -0.480 e. The van der Waals surface area contributed by atoms with Crippen molar-refractivity contribution in [3.63, 3.8) is 0 Å². The Kier molecular flexibility index (Phi) is 5.24. The van der Waals surface area contributed by atoms with Gasteiger partial charge in [0.1, 0.15) is 17.4 Å². The molecule has 2 heterocycles. The van der Waals surface area contributed by atoms with E-state index in [1.54, 1.807) is 12.3 Å². The fourth-order valence-corrected chi connectivity index (χ4v) is 3.92. The van der Waals surface area contributed by atoms with Gasteiger partial charge in [0.2, 0.25) is 0 Å². The highest BCUT2D eigenvalue weighted by molar-refractivity contribution is 6.38. The smallest absolute Gasteiger partial charge is 0.339 e. The Labute approximate surface area is 180 Å². The van der Waals surface area contributed by atoms with Crippen LogP contribution < -0.4 is 5.32 Å². The monoisotopic (exact) mass is 443 g/mol. The topological polar surface area (TPSA) is 115 Å². The van der Waals surface area contributed by atoms with Crippen molar-refractivity contribution in [3.05, 3.63) is 69.8 Å². The van der Waals surface area contributed by atoms with Crippen molar-refractivity contribution in [2.75, 3.05) is 5.32 Å². The predicted molar refractivity (Wildman–Crippen MR) is 116 cm³/mol. The molecule has 0 radical (unpaired) electrons. The summed E-state index contributed by atoms with van der Waals surface area (Å²) in [6.45, 7) is 0. The maximum atomic E-state index is 11.9. The first kappa shape index (κ1) is 20.0. The molecule has 7 nitrogen and oxygen atoms in total. The molecular weight excluding hydrogens is 429 g/mol. The van der Waals surface area contributed by atoms with E-state index in [0.717, 1.165) is 16.5 Å². The molecule has 4 rings (SSSR count). The van der Waals surface area contributed by atoms with E-state index < -0.39 is 18.0 Å². The molecule has 0 aliphatic heterocycles. The third-order valence-electron chi connectivity index (χ3n) is 4.77. The zero-order valence-corrected chi connectivity index (χ0v) is 16.8. The zero-order chi connectivity index (χ0) is 21.4. The van der Waals surface area contributed by atoms with Crippen LogP contribution in [0.1, 0.15) is 15.9 Å². The van der Waals surface area contributed by atoms with Gasteiger partial charge in [0.25, 0.3) is 0 Å². The molecule has 30 heavy (non-hydrogen) atoms. The highest BCUT2D eigenvalue weighted by atomic mass is 35.5. The van der Waals surface area contributed by atoms with Crippen molar-refractivity contribution >= 4 is 62.8 Å².